The van der Waals surface area contributed by atoms with Crippen molar-refractivity contribution in [3.05, 3.63) is 24.0 Å². The molecule has 0 radical (unpaired) electrons. The fourth-order valence-electron chi connectivity index (χ4n) is 4.20. The minimum atomic E-state index is 0.0544. The molecule has 3 aliphatic rings. The largest absolute Gasteiger partial charge is 0.396 e. The molecule has 7 heteroatoms. The average Bonchev–Trinajstić information content (AvgIpc) is 3.07. The molecule has 3 N–H and O–H groups in total. The van der Waals surface area contributed by atoms with E-state index in [1.54, 1.807) is 6.20 Å². The van der Waals surface area contributed by atoms with Gasteiger partial charge in [-0.15, -0.1) is 0 Å². The van der Waals surface area contributed by atoms with Crippen LogP contribution in [0.15, 0.2) is 18.3 Å². The third-order valence-corrected chi connectivity index (χ3v) is 5.73. The Hall–Kier alpha value is -2.15. The van der Waals surface area contributed by atoms with E-state index in [0.29, 0.717) is 12.0 Å². The zero-order valence-corrected chi connectivity index (χ0v) is 13.6. The van der Waals surface area contributed by atoms with Gasteiger partial charge in [0.15, 0.2) is 5.82 Å². The molecule has 2 aliphatic carbocycles. The van der Waals surface area contributed by atoms with Crippen molar-refractivity contribution in [2.75, 3.05) is 23.4 Å². The van der Waals surface area contributed by atoms with E-state index in [2.05, 4.69) is 36.4 Å². The summed E-state index contributed by atoms with van der Waals surface area (Å²) in [5, 5.41) is 20.4. The van der Waals surface area contributed by atoms with Gasteiger partial charge >= 0.3 is 0 Å². The number of piperidine rings is 1. The molecule has 2 saturated carbocycles. The molecule has 1 saturated heterocycles. The summed E-state index contributed by atoms with van der Waals surface area (Å²) in [5.74, 6) is 2.97. The van der Waals surface area contributed by atoms with Gasteiger partial charge in [0, 0.05) is 41.9 Å². The standard InChI is InChI=1S/C17H22N6O/c24-10-17-5-3-12(8-17)23(9-17)16-18-6-4-14(20-16)19-15-7-13(21-22-15)11-1-2-11/h4,6-7,11-12,24H,1-3,5,8-10H2,(H2,18,19,20,21,22)/t12-,17-/m0/s1. The minimum Gasteiger partial charge on any atom is -0.396 e. The Bertz CT molecular complexity index is 757. The van der Waals surface area contributed by atoms with Crippen LogP contribution in [0.4, 0.5) is 17.6 Å². The van der Waals surface area contributed by atoms with Gasteiger partial charge < -0.3 is 15.3 Å². The molecule has 0 amide bonds. The summed E-state index contributed by atoms with van der Waals surface area (Å²) >= 11 is 0. The van der Waals surface area contributed by atoms with Crippen molar-refractivity contribution in [3.63, 3.8) is 0 Å². The number of H-pyrrole nitrogens is 1. The summed E-state index contributed by atoms with van der Waals surface area (Å²) in [6.07, 6.45) is 7.57. The third kappa shape index (κ3) is 2.34. The number of nitrogens with zero attached hydrogens (tertiary/aromatic N) is 4. The molecule has 2 aromatic rings. The highest BCUT2D eigenvalue weighted by Gasteiger charge is 2.49. The molecule has 0 spiro atoms. The summed E-state index contributed by atoms with van der Waals surface area (Å²) < 4.78 is 0. The summed E-state index contributed by atoms with van der Waals surface area (Å²) in [7, 11) is 0. The van der Waals surface area contributed by atoms with E-state index in [0.717, 1.165) is 43.4 Å². The summed E-state index contributed by atoms with van der Waals surface area (Å²) in [6, 6.07) is 4.39. The van der Waals surface area contributed by atoms with Crippen LogP contribution in [0.1, 0.15) is 43.7 Å². The van der Waals surface area contributed by atoms with Gasteiger partial charge in [0.25, 0.3) is 0 Å². The van der Waals surface area contributed by atoms with E-state index in [4.69, 9.17) is 0 Å². The lowest BCUT2D eigenvalue weighted by molar-refractivity contribution is 0.148. The van der Waals surface area contributed by atoms with Gasteiger partial charge in [-0.1, -0.05) is 0 Å². The molecule has 2 aromatic heterocycles. The van der Waals surface area contributed by atoms with E-state index in [1.165, 1.54) is 18.5 Å². The second-order valence-electron chi connectivity index (χ2n) is 7.53. The van der Waals surface area contributed by atoms with E-state index in [-0.39, 0.29) is 12.0 Å². The molecule has 7 nitrogen and oxygen atoms in total. The normalized spacial score (nSPS) is 28.5. The molecule has 3 heterocycles. The number of aliphatic hydroxyl groups excluding tert-OH is 1. The zero-order chi connectivity index (χ0) is 16.1. The Morgan fingerprint density at radius 2 is 2.25 bits per heavy atom. The fraction of sp³-hybridized carbons (Fsp3) is 0.588. The summed E-state index contributed by atoms with van der Waals surface area (Å²) in [4.78, 5) is 11.4. The van der Waals surface area contributed by atoms with Gasteiger partial charge in [-0.3, -0.25) is 5.10 Å². The number of fused-ring (bicyclic) bond motifs is 2. The summed E-state index contributed by atoms with van der Waals surface area (Å²) in [5.41, 5.74) is 1.26. The first-order valence-electron chi connectivity index (χ1n) is 8.78. The maximum Gasteiger partial charge on any atom is 0.227 e. The van der Waals surface area contributed by atoms with Crippen molar-refractivity contribution in [3.8, 4) is 0 Å². The molecular weight excluding hydrogens is 304 g/mol. The highest BCUT2D eigenvalue weighted by atomic mass is 16.3. The van der Waals surface area contributed by atoms with Gasteiger partial charge in [-0.2, -0.15) is 10.1 Å². The molecule has 24 heavy (non-hydrogen) atoms. The second-order valence-corrected chi connectivity index (χ2v) is 7.53. The highest BCUT2D eigenvalue weighted by molar-refractivity contribution is 5.54. The van der Waals surface area contributed by atoms with Crippen LogP contribution in [0, 0.1) is 5.41 Å². The smallest absolute Gasteiger partial charge is 0.227 e. The van der Waals surface area contributed by atoms with Crippen LogP contribution >= 0.6 is 0 Å². The Balaban J connectivity index is 1.34. The number of aromatic nitrogens is 4. The highest BCUT2D eigenvalue weighted by Crippen LogP contribution is 2.48. The first-order chi connectivity index (χ1) is 11.7. The Morgan fingerprint density at radius 1 is 1.33 bits per heavy atom. The number of aliphatic hydroxyl groups is 1. The number of anilines is 3. The van der Waals surface area contributed by atoms with Crippen molar-refractivity contribution in [2.24, 2.45) is 5.41 Å². The Labute approximate surface area is 140 Å². The van der Waals surface area contributed by atoms with Crippen LogP contribution in [0.3, 0.4) is 0 Å². The van der Waals surface area contributed by atoms with Crippen LogP contribution in [0.2, 0.25) is 0 Å². The van der Waals surface area contributed by atoms with Crippen LogP contribution in [-0.4, -0.2) is 44.5 Å². The van der Waals surface area contributed by atoms with Crippen molar-refractivity contribution in [1.82, 2.24) is 20.2 Å². The third-order valence-electron chi connectivity index (χ3n) is 5.73. The predicted octanol–water partition coefficient (Wildman–Crippen LogP) is 2.17. The first kappa shape index (κ1) is 14.2. The minimum absolute atomic E-state index is 0.0544. The maximum absolute atomic E-state index is 9.72. The molecule has 2 bridgehead atoms. The number of aromatic amines is 1. The van der Waals surface area contributed by atoms with Crippen LogP contribution < -0.4 is 10.2 Å². The molecule has 2 atom stereocenters. The number of rotatable bonds is 5. The van der Waals surface area contributed by atoms with Crippen molar-refractivity contribution in [1.29, 1.82) is 0 Å². The maximum atomic E-state index is 9.72. The van der Waals surface area contributed by atoms with Gasteiger partial charge in [-0.05, 0) is 38.2 Å². The topological polar surface area (TPSA) is 90.0 Å². The quantitative estimate of drug-likeness (QED) is 0.780. The molecule has 126 valence electrons. The molecule has 3 fully saturated rings. The number of hydrogen-bond acceptors (Lipinski definition) is 6. The van der Waals surface area contributed by atoms with Crippen LogP contribution in [-0.2, 0) is 0 Å². The summed E-state index contributed by atoms with van der Waals surface area (Å²) in [6.45, 7) is 1.11. The van der Waals surface area contributed by atoms with E-state index < -0.39 is 0 Å². The molecular formula is C17H22N6O. The predicted molar refractivity (Wildman–Crippen MR) is 90.4 cm³/mol. The zero-order valence-electron chi connectivity index (χ0n) is 13.6. The second kappa shape index (κ2) is 5.17. The first-order valence-corrected chi connectivity index (χ1v) is 8.78. The lowest BCUT2D eigenvalue weighted by atomic mass is 9.89. The van der Waals surface area contributed by atoms with Crippen molar-refractivity contribution in [2.45, 2.75) is 44.1 Å². The lowest BCUT2D eigenvalue weighted by Crippen LogP contribution is -2.37. The van der Waals surface area contributed by atoms with Gasteiger partial charge in [0.1, 0.15) is 5.82 Å². The molecule has 1 aliphatic heterocycles. The SMILES string of the molecule is OC[C@@]12CC[C@@H](C1)N(c1nccc(Nc3cc(C4CC4)[nH]n3)n1)C2. The van der Waals surface area contributed by atoms with Gasteiger partial charge in [0.2, 0.25) is 5.95 Å². The monoisotopic (exact) mass is 326 g/mol. The Kier molecular flexibility index (Phi) is 3.06. The van der Waals surface area contributed by atoms with E-state index in [9.17, 15) is 5.11 Å². The fourth-order valence-corrected chi connectivity index (χ4v) is 4.20. The van der Waals surface area contributed by atoms with E-state index >= 15 is 0 Å². The van der Waals surface area contributed by atoms with Crippen molar-refractivity contribution >= 4 is 17.6 Å². The number of hydrogen-bond donors (Lipinski definition) is 3. The average molecular weight is 326 g/mol. The number of nitrogens with one attached hydrogen (secondary N) is 2. The Morgan fingerprint density at radius 3 is 3.04 bits per heavy atom. The van der Waals surface area contributed by atoms with Crippen LogP contribution in [0.25, 0.3) is 0 Å². The van der Waals surface area contributed by atoms with Crippen molar-refractivity contribution < 1.29 is 5.11 Å². The van der Waals surface area contributed by atoms with Gasteiger partial charge in [0.05, 0.1) is 6.61 Å². The molecule has 0 aromatic carbocycles. The molecule has 0 unspecified atom stereocenters. The van der Waals surface area contributed by atoms with Gasteiger partial charge in [-0.25, -0.2) is 4.98 Å². The van der Waals surface area contributed by atoms with E-state index in [1.807, 2.05) is 6.07 Å². The lowest BCUT2D eigenvalue weighted by Gasteiger charge is -2.31. The molecule has 5 rings (SSSR count). The van der Waals surface area contributed by atoms with Crippen LogP contribution in [0.5, 0.6) is 0 Å².